The van der Waals surface area contributed by atoms with Gasteiger partial charge in [-0.3, -0.25) is 4.79 Å². The molecule has 1 aliphatic heterocycles. The average Bonchev–Trinajstić information content (AvgIpc) is 3.13. The van der Waals surface area contributed by atoms with Crippen LogP contribution in [-0.2, 0) is 6.61 Å². The van der Waals surface area contributed by atoms with Crippen LogP contribution in [0.1, 0.15) is 42.9 Å². The van der Waals surface area contributed by atoms with E-state index in [0.29, 0.717) is 11.5 Å². The normalized spacial score (nSPS) is 20.4. The van der Waals surface area contributed by atoms with Gasteiger partial charge >= 0.3 is 0 Å². The molecular formula is C17H18ClFN2O3. The Morgan fingerprint density at radius 2 is 2.08 bits per heavy atom. The number of amides is 1. The summed E-state index contributed by atoms with van der Waals surface area (Å²) in [6.07, 6.45) is 1.98. The van der Waals surface area contributed by atoms with Gasteiger partial charge in [0.05, 0.1) is 5.02 Å². The van der Waals surface area contributed by atoms with Crippen molar-refractivity contribution >= 4 is 17.5 Å². The minimum absolute atomic E-state index is 0.0523. The van der Waals surface area contributed by atoms with Gasteiger partial charge in [-0.05, 0) is 44.9 Å². The fourth-order valence-corrected chi connectivity index (χ4v) is 3.17. The number of hydrogen-bond acceptors (Lipinski definition) is 4. The van der Waals surface area contributed by atoms with Crippen molar-refractivity contribution in [2.45, 2.75) is 45.4 Å². The van der Waals surface area contributed by atoms with Crippen LogP contribution in [0.3, 0.4) is 0 Å². The van der Waals surface area contributed by atoms with Crippen molar-refractivity contribution in [1.29, 1.82) is 0 Å². The molecule has 2 heterocycles. The summed E-state index contributed by atoms with van der Waals surface area (Å²) < 4.78 is 23.6. The Morgan fingerprint density at radius 3 is 2.75 bits per heavy atom. The highest BCUT2D eigenvalue weighted by atomic mass is 35.5. The molecule has 7 heteroatoms. The number of carbonyl (C=O) groups is 1. The number of benzene rings is 1. The molecule has 0 N–H and O–H groups in total. The number of hydrogen-bond donors (Lipinski definition) is 0. The van der Waals surface area contributed by atoms with Gasteiger partial charge in [0, 0.05) is 18.2 Å². The van der Waals surface area contributed by atoms with E-state index in [4.69, 9.17) is 20.9 Å². The van der Waals surface area contributed by atoms with E-state index >= 15 is 0 Å². The molecule has 0 unspecified atom stereocenters. The predicted molar refractivity (Wildman–Crippen MR) is 86.6 cm³/mol. The zero-order valence-electron chi connectivity index (χ0n) is 13.5. The van der Waals surface area contributed by atoms with Gasteiger partial charge in [-0.15, -0.1) is 0 Å². The molecule has 1 aromatic carbocycles. The van der Waals surface area contributed by atoms with Crippen LogP contribution < -0.4 is 4.74 Å². The lowest BCUT2D eigenvalue weighted by Gasteiger charge is -2.24. The van der Waals surface area contributed by atoms with Crippen LogP contribution in [0.4, 0.5) is 4.39 Å². The molecule has 0 saturated carbocycles. The Kier molecular flexibility index (Phi) is 4.76. The van der Waals surface area contributed by atoms with E-state index in [0.717, 1.165) is 12.8 Å². The molecule has 0 aliphatic carbocycles. The molecule has 128 valence electrons. The second-order valence-corrected chi connectivity index (χ2v) is 6.44. The largest absolute Gasteiger partial charge is 0.484 e. The molecule has 24 heavy (non-hydrogen) atoms. The molecule has 1 amide bonds. The molecule has 1 fully saturated rings. The van der Waals surface area contributed by atoms with Crippen LogP contribution in [0, 0.1) is 5.82 Å². The van der Waals surface area contributed by atoms with Crippen LogP contribution in [0.5, 0.6) is 5.75 Å². The van der Waals surface area contributed by atoms with Gasteiger partial charge in [-0.1, -0.05) is 16.8 Å². The number of rotatable bonds is 4. The fraction of sp³-hybridized carbons (Fsp3) is 0.412. The molecule has 1 saturated heterocycles. The first-order valence-electron chi connectivity index (χ1n) is 7.82. The van der Waals surface area contributed by atoms with E-state index in [1.807, 2.05) is 18.7 Å². The monoisotopic (exact) mass is 352 g/mol. The second-order valence-electron chi connectivity index (χ2n) is 6.03. The number of nitrogens with zero attached hydrogens (tertiary/aromatic N) is 2. The fourth-order valence-electron chi connectivity index (χ4n) is 2.95. The van der Waals surface area contributed by atoms with Crippen molar-refractivity contribution in [3.63, 3.8) is 0 Å². The van der Waals surface area contributed by atoms with E-state index in [1.54, 1.807) is 6.07 Å². The van der Waals surface area contributed by atoms with Crippen molar-refractivity contribution < 1.29 is 18.4 Å². The molecule has 0 spiro atoms. The highest BCUT2D eigenvalue weighted by Gasteiger charge is 2.33. The summed E-state index contributed by atoms with van der Waals surface area (Å²) in [4.78, 5) is 14.4. The first kappa shape index (κ1) is 16.8. The Morgan fingerprint density at radius 1 is 1.38 bits per heavy atom. The summed E-state index contributed by atoms with van der Waals surface area (Å²) in [7, 11) is 0. The average molecular weight is 353 g/mol. The van der Waals surface area contributed by atoms with E-state index in [9.17, 15) is 9.18 Å². The van der Waals surface area contributed by atoms with E-state index in [-0.39, 0.29) is 35.3 Å². The maximum absolute atomic E-state index is 13.0. The van der Waals surface area contributed by atoms with Crippen molar-refractivity contribution in [2.24, 2.45) is 0 Å². The van der Waals surface area contributed by atoms with Crippen molar-refractivity contribution in [3.05, 3.63) is 46.6 Å². The number of likely N-dealkylation sites (tertiary alicyclic amines) is 1. The molecule has 1 aliphatic rings. The van der Waals surface area contributed by atoms with Crippen LogP contribution in [0.15, 0.2) is 28.8 Å². The predicted octanol–water partition coefficient (Wildman–Crippen LogP) is 4.06. The molecule has 3 rings (SSSR count). The molecule has 0 bridgehead atoms. The topological polar surface area (TPSA) is 55.6 Å². The van der Waals surface area contributed by atoms with Gasteiger partial charge in [0.2, 0.25) is 0 Å². The van der Waals surface area contributed by atoms with Crippen molar-refractivity contribution in [3.8, 4) is 5.75 Å². The van der Waals surface area contributed by atoms with Gasteiger partial charge in [0.15, 0.2) is 11.5 Å². The Balaban J connectivity index is 1.66. The smallest absolute Gasteiger partial charge is 0.276 e. The summed E-state index contributed by atoms with van der Waals surface area (Å²) in [5.41, 5.74) is 0.263. The van der Waals surface area contributed by atoms with E-state index in [1.165, 1.54) is 18.2 Å². The minimum Gasteiger partial charge on any atom is -0.484 e. The van der Waals surface area contributed by atoms with E-state index < -0.39 is 5.82 Å². The third kappa shape index (κ3) is 3.38. The second kappa shape index (κ2) is 6.81. The Hall–Kier alpha value is -2.08. The van der Waals surface area contributed by atoms with Gasteiger partial charge in [0.25, 0.3) is 5.91 Å². The highest BCUT2D eigenvalue weighted by molar-refractivity contribution is 6.32. The highest BCUT2D eigenvalue weighted by Crippen LogP contribution is 2.27. The van der Waals surface area contributed by atoms with Crippen molar-refractivity contribution in [2.75, 3.05) is 0 Å². The summed E-state index contributed by atoms with van der Waals surface area (Å²) in [5, 5.41) is 4.01. The zero-order valence-corrected chi connectivity index (χ0v) is 14.2. The zero-order chi connectivity index (χ0) is 17.3. The van der Waals surface area contributed by atoms with Gasteiger partial charge in [0.1, 0.15) is 18.2 Å². The quantitative estimate of drug-likeness (QED) is 0.832. The number of halogens is 2. The summed E-state index contributed by atoms with van der Waals surface area (Å²) >= 11 is 5.90. The summed E-state index contributed by atoms with van der Waals surface area (Å²) in [6.45, 7) is 4.11. The molecule has 2 atom stereocenters. The lowest BCUT2D eigenvalue weighted by atomic mass is 10.2. The van der Waals surface area contributed by atoms with Gasteiger partial charge < -0.3 is 14.2 Å². The molecule has 1 aromatic heterocycles. The lowest BCUT2D eigenvalue weighted by Crippen LogP contribution is -2.38. The number of aromatic nitrogens is 1. The Bertz CT molecular complexity index is 739. The van der Waals surface area contributed by atoms with Gasteiger partial charge in [-0.25, -0.2) is 4.39 Å². The third-order valence-electron chi connectivity index (χ3n) is 4.23. The number of ether oxygens (including phenoxy) is 1. The first-order valence-corrected chi connectivity index (χ1v) is 8.19. The van der Waals surface area contributed by atoms with Crippen LogP contribution in [-0.4, -0.2) is 28.0 Å². The maximum atomic E-state index is 13.0. The van der Waals surface area contributed by atoms with Crippen LogP contribution in [0.2, 0.25) is 5.02 Å². The summed E-state index contributed by atoms with van der Waals surface area (Å²) in [5.74, 6) is 0.165. The first-order chi connectivity index (χ1) is 11.5. The third-order valence-corrected chi connectivity index (χ3v) is 4.52. The minimum atomic E-state index is -0.436. The maximum Gasteiger partial charge on any atom is 0.276 e. The van der Waals surface area contributed by atoms with Crippen LogP contribution >= 0.6 is 11.6 Å². The standard InChI is InChI=1S/C17H18ClFN2O3/c1-10-3-4-11(2)21(10)17(22)15-8-13(24-20-15)9-23-16-6-5-12(19)7-14(16)18/h5-8,10-11H,3-4,9H2,1-2H3/t10-,11-/m1/s1. The van der Waals surface area contributed by atoms with Gasteiger partial charge in [-0.2, -0.15) is 0 Å². The van der Waals surface area contributed by atoms with E-state index in [2.05, 4.69) is 5.16 Å². The summed E-state index contributed by atoms with van der Waals surface area (Å²) in [6, 6.07) is 5.82. The molecule has 2 aromatic rings. The number of carbonyl (C=O) groups excluding carboxylic acids is 1. The SMILES string of the molecule is C[C@@H]1CC[C@@H](C)N1C(=O)c1cc(COc2ccc(F)cc2Cl)on1. The molecule has 0 radical (unpaired) electrons. The molecular weight excluding hydrogens is 335 g/mol. The lowest BCUT2D eigenvalue weighted by molar-refractivity contribution is 0.0682. The Labute approximate surface area is 144 Å². The molecule has 5 nitrogen and oxygen atoms in total. The van der Waals surface area contributed by atoms with Crippen LogP contribution in [0.25, 0.3) is 0 Å². The van der Waals surface area contributed by atoms with Crippen molar-refractivity contribution in [1.82, 2.24) is 10.1 Å².